The van der Waals surface area contributed by atoms with Gasteiger partial charge in [-0.25, -0.2) is 0 Å². The largest absolute Gasteiger partial charge is 0.359 e. The smallest absolute Gasteiger partial charge is 0.190 e. The van der Waals surface area contributed by atoms with E-state index < -0.39 is 0 Å². The number of hydrogen-bond acceptors (Lipinski definition) is 1. The van der Waals surface area contributed by atoms with Crippen LogP contribution in [0.15, 0.2) is 33.7 Å². The summed E-state index contributed by atoms with van der Waals surface area (Å²) < 4.78 is 1.14. The lowest BCUT2D eigenvalue weighted by Gasteiger charge is -2.30. The lowest BCUT2D eigenvalue weighted by molar-refractivity contribution is 0.432. The Morgan fingerprint density at radius 1 is 1.26 bits per heavy atom. The molecule has 2 rings (SSSR count). The predicted molar refractivity (Wildman–Crippen MR) is 84.7 cm³/mol. The molecular formula is C15H22BrN3. The lowest BCUT2D eigenvalue weighted by atomic mass is 9.79. The average Bonchev–Trinajstić information content (AvgIpc) is 2.91. The van der Waals surface area contributed by atoms with Gasteiger partial charge in [0.25, 0.3) is 0 Å². The maximum absolute atomic E-state index is 4.19. The number of aliphatic imine (C=N–C) groups is 1. The Balaban J connectivity index is 2.16. The predicted octanol–water partition coefficient (Wildman–Crippen LogP) is 3.06. The highest BCUT2D eigenvalue weighted by Gasteiger charge is 2.35. The van der Waals surface area contributed by atoms with Crippen molar-refractivity contribution in [3.63, 3.8) is 0 Å². The molecule has 1 aromatic carbocycles. The van der Waals surface area contributed by atoms with Gasteiger partial charge in [-0.05, 0) is 30.5 Å². The molecule has 0 bridgehead atoms. The quantitative estimate of drug-likeness (QED) is 0.662. The molecule has 0 aromatic heterocycles. The zero-order valence-electron chi connectivity index (χ0n) is 11.7. The van der Waals surface area contributed by atoms with Gasteiger partial charge in [-0.15, -0.1) is 0 Å². The van der Waals surface area contributed by atoms with Crippen LogP contribution in [-0.2, 0) is 5.41 Å². The molecule has 0 heterocycles. The van der Waals surface area contributed by atoms with Gasteiger partial charge in [0.1, 0.15) is 0 Å². The standard InChI is InChI=1S/C15H22BrN3/c1-17-14(18-2)19-11-15(9-3-4-10-15)12-5-7-13(16)8-6-12/h5-8H,3-4,9-11H2,1-2H3,(H2,17,18,19). The highest BCUT2D eigenvalue weighted by Crippen LogP contribution is 2.40. The van der Waals surface area contributed by atoms with Gasteiger partial charge in [-0.3, -0.25) is 4.99 Å². The summed E-state index contributed by atoms with van der Waals surface area (Å²) in [5, 5.41) is 6.53. The lowest BCUT2D eigenvalue weighted by Crippen LogP contribution is -2.43. The van der Waals surface area contributed by atoms with Gasteiger partial charge in [0.15, 0.2) is 5.96 Å². The Hall–Kier alpha value is -1.03. The first-order valence-corrected chi connectivity index (χ1v) is 7.64. The fraction of sp³-hybridized carbons (Fsp3) is 0.533. The summed E-state index contributed by atoms with van der Waals surface area (Å²) in [6, 6.07) is 8.78. The van der Waals surface area contributed by atoms with E-state index in [1.807, 2.05) is 7.05 Å². The van der Waals surface area contributed by atoms with E-state index in [1.165, 1.54) is 31.2 Å². The Kier molecular flexibility index (Phi) is 4.86. The van der Waals surface area contributed by atoms with Crippen molar-refractivity contribution in [2.24, 2.45) is 4.99 Å². The Labute approximate surface area is 124 Å². The summed E-state index contributed by atoms with van der Waals surface area (Å²) in [5.41, 5.74) is 1.69. The van der Waals surface area contributed by atoms with Crippen molar-refractivity contribution < 1.29 is 0 Å². The number of hydrogen-bond donors (Lipinski definition) is 2. The minimum atomic E-state index is 0.257. The number of rotatable bonds is 3. The van der Waals surface area contributed by atoms with Crippen LogP contribution in [0.4, 0.5) is 0 Å². The van der Waals surface area contributed by atoms with E-state index in [2.05, 4.69) is 55.8 Å². The maximum Gasteiger partial charge on any atom is 0.190 e. The number of guanidine groups is 1. The van der Waals surface area contributed by atoms with Crippen LogP contribution in [0.2, 0.25) is 0 Å². The van der Waals surface area contributed by atoms with E-state index in [4.69, 9.17) is 0 Å². The van der Waals surface area contributed by atoms with E-state index in [0.29, 0.717) is 0 Å². The molecule has 0 aliphatic heterocycles. The van der Waals surface area contributed by atoms with Crippen LogP contribution >= 0.6 is 15.9 Å². The van der Waals surface area contributed by atoms with Crippen LogP contribution in [-0.4, -0.2) is 26.6 Å². The van der Waals surface area contributed by atoms with Crippen LogP contribution in [0.1, 0.15) is 31.2 Å². The van der Waals surface area contributed by atoms with E-state index in [-0.39, 0.29) is 5.41 Å². The van der Waals surface area contributed by atoms with Crippen LogP contribution in [0, 0.1) is 0 Å². The summed E-state index contributed by atoms with van der Waals surface area (Å²) in [6.07, 6.45) is 5.14. The van der Waals surface area contributed by atoms with Gasteiger partial charge < -0.3 is 10.6 Å². The van der Waals surface area contributed by atoms with E-state index in [9.17, 15) is 0 Å². The first kappa shape index (κ1) is 14.4. The summed E-state index contributed by atoms with van der Waals surface area (Å²) in [5.74, 6) is 0.864. The molecule has 3 nitrogen and oxygen atoms in total. The molecule has 1 saturated carbocycles. The SMILES string of the molecule is CN=C(NC)NCC1(c2ccc(Br)cc2)CCCC1. The fourth-order valence-electron chi connectivity index (χ4n) is 2.95. The molecular weight excluding hydrogens is 302 g/mol. The zero-order valence-corrected chi connectivity index (χ0v) is 13.3. The molecule has 0 unspecified atom stereocenters. The third kappa shape index (κ3) is 3.30. The van der Waals surface area contributed by atoms with Crippen molar-refractivity contribution in [2.45, 2.75) is 31.1 Å². The Bertz CT molecular complexity index is 433. The highest BCUT2D eigenvalue weighted by atomic mass is 79.9. The van der Waals surface area contributed by atoms with Gasteiger partial charge in [0.2, 0.25) is 0 Å². The van der Waals surface area contributed by atoms with Crippen molar-refractivity contribution >= 4 is 21.9 Å². The van der Waals surface area contributed by atoms with Crippen LogP contribution in [0.5, 0.6) is 0 Å². The number of nitrogens with one attached hydrogen (secondary N) is 2. The molecule has 0 radical (unpaired) electrons. The third-order valence-electron chi connectivity index (χ3n) is 4.07. The van der Waals surface area contributed by atoms with Crippen molar-refractivity contribution in [3.05, 3.63) is 34.3 Å². The summed E-state index contributed by atoms with van der Waals surface area (Å²) >= 11 is 3.51. The molecule has 2 N–H and O–H groups in total. The van der Waals surface area contributed by atoms with Crippen molar-refractivity contribution in [3.8, 4) is 0 Å². The summed E-state index contributed by atoms with van der Waals surface area (Å²) in [7, 11) is 3.70. The topological polar surface area (TPSA) is 36.4 Å². The Morgan fingerprint density at radius 2 is 1.89 bits per heavy atom. The van der Waals surface area contributed by atoms with Gasteiger partial charge in [0.05, 0.1) is 0 Å². The second-order valence-electron chi connectivity index (χ2n) is 5.17. The molecule has 4 heteroatoms. The van der Waals surface area contributed by atoms with Gasteiger partial charge in [0, 0.05) is 30.5 Å². The van der Waals surface area contributed by atoms with Crippen LogP contribution in [0.25, 0.3) is 0 Å². The normalized spacial score (nSPS) is 18.4. The second kappa shape index (κ2) is 6.42. The first-order chi connectivity index (χ1) is 9.20. The zero-order chi connectivity index (χ0) is 13.7. The molecule has 1 aliphatic rings. The van der Waals surface area contributed by atoms with E-state index >= 15 is 0 Å². The molecule has 0 amide bonds. The maximum atomic E-state index is 4.19. The molecule has 0 spiro atoms. The van der Waals surface area contributed by atoms with Crippen LogP contribution < -0.4 is 10.6 Å². The van der Waals surface area contributed by atoms with E-state index in [0.717, 1.165) is 17.0 Å². The molecule has 1 aliphatic carbocycles. The first-order valence-electron chi connectivity index (χ1n) is 6.85. The average molecular weight is 324 g/mol. The second-order valence-corrected chi connectivity index (χ2v) is 6.09. The summed E-state index contributed by atoms with van der Waals surface area (Å²) in [6.45, 7) is 0.947. The van der Waals surface area contributed by atoms with Crippen molar-refractivity contribution in [1.82, 2.24) is 10.6 Å². The molecule has 0 saturated heterocycles. The Morgan fingerprint density at radius 3 is 2.42 bits per heavy atom. The van der Waals surface area contributed by atoms with Gasteiger partial charge >= 0.3 is 0 Å². The molecule has 19 heavy (non-hydrogen) atoms. The molecule has 1 fully saturated rings. The van der Waals surface area contributed by atoms with E-state index in [1.54, 1.807) is 7.05 Å². The van der Waals surface area contributed by atoms with Crippen molar-refractivity contribution in [2.75, 3.05) is 20.6 Å². The molecule has 0 atom stereocenters. The van der Waals surface area contributed by atoms with Gasteiger partial charge in [-0.2, -0.15) is 0 Å². The minimum absolute atomic E-state index is 0.257. The highest BCUT2D eigenvalue weighted by molar-refractivity contribution is 9.10. The summed E-state index contributed by atoms with van der Waals surface area (Å²) in [4.78, 5) is 4.19. The minimum Gasteiger partial charge on any atom is -0.359 e. The van der Waals surface area contributed by atoms with Gasteiger partial charge in [-0.1, -0.05) is 40.9 Å². The van der Waals surface area contributed by atoms with Crippen molar-refractivity contribution in [1.29, 1.82) is 0 Å². The third-order valence-corrected chi connectivity index (χ3v) is 4.60. The molecule has 104 valence electrons. The number of halogens is 1. The number of nitrogens with zero attached hydrogens (tertiary/aromatic N) is 1. The van der Waals surface area contributed by atoms with Crippen LogP contribution in [0.3, 0.4) is 0 Å². The molecule has 1 aromatic rings. The fourth-order valence-corrected chi connectivity index (χ4v) is 3.22. The monoisotopic (exact) mass is 323 g/mol. The number of benzene rings is 1.